The van der Waals surface area contributed by atoms with E-state index < -0.39 is 5.92 Å². The van der Waals surface area contributed by atoms with Crippen LogP contribution in [0.5, 0.6) is 0 Å². The first-order chi connectivity index (χ1) is 7.06. The Morgan fingerprint density at radius 3 is 2.67 bits per heavy atom. The van der Waals surface area contributed by atoms with Crippen molar-refractivity contribution in [3.63, 3.8) is 0 Å². The van der Waals surface area contributed by atoms with Crippen LogP contribution in [-0.4, -0.2) is 24.1 Å². The summed E-state index contributed by atoms with van der Waals surface area (Å²) in [6.07, 6.45) is 1.15. The zero-order chi connectivity index (χ0) is 11.4. The van der Waals surface area contributed by atoms with Gasteiger partial charge in [-0.15, -0.1) is 0 Å². The Bertz CT molecular complexity index is 282. The molecule has 0 aromatic carbocycles. The molecule has 15 heavy (non-hydrogen) atoms. The normalized spacial score (nSPS) is 26.1. The van der Waals surface area contributed by atoms with Crippen LogP contribution in [0.2, 0.25) is 0 Å². The maximum atomic E-state index is 11.4. The first-order valence-corrected chi connectivity index (χ1v) is 5.26. The molecule has 0 heterocycles. The monoisotopic (exact) mass is 212 g/mol. The predicted octanol–water partition coefficient (Wildman–Crippen LogP) is 1.12. The van der Waals surface area contributed by atoms with Gasteiger partial charge in [0.15, 0.2) is 0 Å². The van der Waals surface area contributed by atoms with Crippen molar-refractivity contribution in [3.05, 3.63) is 0 Å². The third-order valence-corrected chi connectivity index (χ3v) is 2.76. The highest BCUT2D eigenvalue weighted by molar-refractivity contribution is 6.02. The van der Waals surface area contributed by atoms with E-state index in [9.17, 15) is 14.4 Å². The SMILES string of the molecule is CCOC(=O)[C@@H]1CCC(=O)[C@H](C(C)=O)C1. The van der Waals surface area contributed by atoms with E-state index >= 15 is 0 Å². The van der Waals surface area contributed by atoms with E-state index in [1.54, 1.807) is 6.92 Å². The van der Waals surface area contributed by atoms with E-state index in [0.29, 0.717) is 25.9 Å². The molecular formula is C11H16O4. The fourth-order valence-corrected chi connectivity index (χ4v) is 1.89. The average molecular weight is 212 g/mol. The highest BCUT2D eigenvalue weighted by Crippen LogP contribution is 2.28. The Morgan fingerprint density at radius 1 is 1.47 bits per heavy atom. The van der Waals surface area contributed by atoms with Crippen LogP contribution in [0.15, 0.2) is 0 Å². The summed E-state index contributed by atoms with van der Waals surface area (Å²) in [4.78, 5) is 34.0. The van der Waals surface area contributed by atoms with Crippen LogP contribution in [0.3, 0.4) is 0 Å². The van der Waals surface area contributed by atoms with Gasteiger partial charge >= 0.3 is 5.97 Å². The molecule has 0 saturated heterocycles. The summed E-state index contributed by atoms with van der Waals surface area (Å²) in [6, 6.07) is 0. The molecule has 1 aliphatic rings. The number of hydrogen-bond acceptors (Lipinski definition) is 4. The van der Waals surface area contributed by atoms with Crippen molar-refractivity contribution < 1.29 is 19.1 Å². The van der Waals surface area contributed by atoms with Crippen molar-refractivity contribution in [2.24, 2.45) is 11.8 Å². The van der Waals surface area contributed by atoms with E-state index in [4.69, 9.17) is 4.74 Å². The second kappa shape index (κ2) is 5.05. The van der Waals surface area contributed by atoms with Gasteiger partial charge in [-0.25, -0.2) is 0 Å². The van der Waals surface area contributed by atoms with Gasteiger partial charge in [0.05, 0.1) is 18.4 Å². The van der Waals surface area contributed by atoms with E-state index in [0.717, 1.165) is 0 Å². The summed E-state index contributed by atoms with van der Waals surface area (Å²) in [5, 5.41) is 0. The molecule has 84 valence electrons. The highest BCUT2D eigenvalue weighted by Gasteiger charge is 2.35. The Kier molecular flexibility index (Phi) is 4.00. The molecule has 0 radical (unpaired) electrons. The lowest BCUT2D eigenvalue weighted by Gasteiger charge is -2.24. The second-order valence-electron chi connectivity index (χ2n) is 3.85. The molecule has 0 N–H and O–H groups in total. The third kappa shape index (κ3) is 2.88. The summed E-state index contributed by atoms with van der Waals surface area (Å²) >= 11 is 0. The maximum Gasteiger partial charge on any atom is 0.308 e. The van der Waals surface area contributed by atoms with Crippen LogP contribution < -0.4 is 0 Å². The van der Waals surface area contributed by atoms with Crippen molar-refractivity contribution in [2.75, 3.05) is 6.61 Å². The molecule has 0 aromatic rings. The highest BCUT2D eigenvalue weighted by atomic mass is 16.5. The fourth-order valence-electron chi connectivity index (χ4n) is 1.89. The number of ether oxygens (including phenoxy) is 1. The minimum Gasteiger partial charge on any atom is -0.466 e. The van der Waals surface area contributed by atoms with Crippen molar-refractivity contribution in [1.82, 2.24) is 0 Å². The average Bonchev–Trinajstić information content (AvgIpc) is 2.18. The molecule has 0 unspecified atom stereocenters. The molecule has 1 fully saturated rings. The molecule has 4 heteroatoms. The Hall–Kier alpha value is -1.19. The van der Waals surface area contributed by atoms with Gasteiger partial charge in [-0.05, 0) is 26.7 Å². The summed E-state index contributed by atoms with van der Waals surface area (Å²) in [5.74, 6) is -1.34. The first kappa shape index (κ1) is 11.9. The van der Waals surface area contributed by atoms with E-state index in [-0.39, 0.29) is 23.5 Å². The molecule has 1 rings (SSSR count). The minimum absolute atomic E-state index is 0.0388. The number of esters is 1. The van der Waals surface area contributed by atoms with Crippen LogP contribution in [0.25, 0.3) is 0 Å². The van der Waals surface area contributed by atoms with Gasteiger partial charge in [-0.2, -0.15) is 0 Å². The zero-order valence-electron chi connectivity index (χ0n) is 9.12. The van der Waals surface area contributed by atoms with Crippen molar-refractivity contribution in [2.45, 2.75) is 33.1 Å². The van der Waals surface area contributed by atoms with Gasteiger partial charge in [0.25, 0.3) is 0 Å². The van der Waals surface area contributed by atoms with Gasteiger partial charge in [-0.1, -0.05) is 0 Å². The lowest BCUT2D eigenvalue weighted by molar-refractivity contribution is -0.151. The summed E-state index contributed by atoms with van der Waals surface area (Å²) in [5.41, 5.74) is 0. The van der Waals surface area contributed by atoms with Crippen LogP contribution >= 0.6 is 0 Å². The lowest BCUT2D eigenvalue weighted by Crippen LogP contribution is -2.33. The van der Waals surface area contributed by atoms with Gasteiger partial charge in [0.1, 0.15) is 11.6 Å². The minimum atomic E-state index is -0.590. The molecule has 0 aliphatic heterocycles. The van der Waals surface area contributed by atoms with Crippen molar-refractivity contribution in [1.29, 1.82) is 0 Å². The van der Waals surface area contributed by atoms with Gasteiger partial charge in [0, 0.05) is 6.42 Å². The molecule has 0 spiro atoms. The van der Waals surface area contributed by atoms with Gasteiger partial charge < -0.3 is 4.74 Å². The van der Waals surface area contributed by atoms with Gasteiger partial charge in [-0.3, -0.25) is 14.4 Å². The van der Waals surface area contributed by atoms with Crippen LogP contribution in [0.4, 0.5) is 0 Å². The summed E-state index contributed by atoms with van der Waals surface area (Å²) < 4.78 is 4.88. The number of hydrogen-bond donors (Lipinski definition) is 0. The van der Waals surface area contributed by atoms with Crippen molar-refractivity contribution in [3.8, 4) is 0 Å². The van der Waals surface area contributed by atoms with Crippen molar-refractivity contribution >= 4 is 17.5 Å². The predicted molar refractivity (Wildman–Crippen MR) is 53.2 cm³/mol. The van der Waals surface area contributed by atoms with Gasteiger partial charge in [0.2, 0.25) is 0 Å². The van der Waals surface area contributed by atoms with E-state index in [2.05, 4.69) is 0 Å². The van der Waals surface area contributed by atoms with E-state index in [1.807, 2.05) is 0 Å². The number of ketones is 2. The Morgan fingerprint density at radius 2 is 2.13 bits per heavy atom. The summed E-state index contributed by atoms with van der Waals surface area (Å²) in [7, 11) is 0. The molecular weight excluding hydrogens is 196 g/mol. The molecule has 4 nitrogen and oxygen atoms in total. The van der Waals surface area contributed by atoms with Crippen LogP contribution in [0, 0.1) is 11.8 Å². The molecule has 0 aromatic heterocycles. The molecule has 2 atom stereocenters. The Labute approximate surface area is 89.0 Å². The molecule has 0 amide bonds. The number of carbonyl (C=O) groups excluding carboxylic acids is 3. The fraction of sp³-hybridized carbons (Fsp3) is 0.727. The van der Waals surface area contributed by atoms with Crippen LogP contribution in [-0.2, 0) is 19.1 Å². The Balaban J connectivity index is 2.61. The number of carbonyl (C=O) groups is 3. The topological polar surface area (TPSA) is 60.4 Å². The van der Waals surface area contributed by atoms with E-state index in [1.165, 1.54) is 6.92 Å². The smallest absolute Gasteiger partial charge is 0.308 e. The number of Topliss-reactive ketones (excluding diaryl/α,β-unsaturated/α-hetero) is 2. The zero-order valence-corrected chi connectivity index (χ0v) is 9.12. The number of rotatable bonds is 3. The second-order valence-corrected chi connectivity index (χ2v) is 3.85. The lowest BCUT2D eigenvalue weighted by atomic mass is 9.79. The largest absolute Gasteiger partial charge is 0.466 e. The third-order valence-electron chi connectivity index (χ3n) is 2.76. The van der Waals surface area contributed by atoms with Crippen LogP contribution in [0.1, 0.15) is 33.1 Å². The first-order valence-electron chi connectivity index (χ1n) is 5.26. The standard InChI is InChI=1S/C11H16O4/c1-3-15-11(14)8-4-5-10(13)9(6-8)7(2)12/h8-9H,3-6H2,1-2H3/t8-,9+/m1/s1. The summed E-state index contributed by atoms with van der Waals surface area (Å²) in [6.45, 7) is 3.48. The molecule has 1 aliphatic carbocycles. The maximum absolute atomic E-state index is 11.4. The molecule has 0 bridgehead atoms. The quantitative estimate of drug-likeness (QED) is 0.519. The molecule has 1 saturated carbocycles.